The number of carboxylic acids is 1. The molecule has 2 aliphatic carbocycles. The maximum absolute atomic E-state index is 13.5. The Bertz CT molecular complexity index is 905. The summed E-state index contributed by atoms with van der Waals surface area (Å²) in [6, 6.07) is 6.64. The fourth-order valence-corrected chi connectivity index (χ4v) is 5.10. The van der Waals surface area contributed by atoms with Gasteiger partial charge in [-0.1, -0.05) is 37.0 Å². The zero-order valence-electron chi connectivity index (χ0n) is 19.2. The van der Waals surface area contributed by atoms with Crippen LogP contribution in [0.1, 0.15) is 67.3 Å². The molecule has 178 valence electrons. The molecule has 3 aliphatic rings. The van der Waals surface area contributed by atoms with Crippen molar-refractivity contribution in [1.82, 2.24) is 15.1 Å². The molecule has 1 saturated heterocycles. The molecule has 1 aliphatic heterocycles. The van der Waals surface area contributed by atoms with Gasteiger partial charge in [-0.25, -0.2) is 0 Å². The zero-order chi connectivity index (χ0) is 23.5. The molecule has 0 spiro atoms. The second kappa shape index (κ2) is 9.93. The van der Waals surface area contributed by atoms with E-state index in [-0.39, 0.29) is 36.6 Å². The van der Waals surface area contributed by atoms with Crippen LogP contribution in [0.2, 0.25) is 0 Å². The number of rotatable bonds is 7. The van der Waals surface area contributed by atoms with E-state index in [0.717, 1.165) is 50.5 Å². The maximum Gasteiger partial charge on any atom is 0.305 e. The number of nitrogens with one attached hydrogen (secondary N) is 1. The molecular weight excluding hydrogens is 422 g/mol. The number of aryl methyl sites for hydroxylation is 1. The SMILES string of the molecule is Cc1ccc(C(=O)N2CCN(C(=O)C3CC3)C2C(=O)NC(CC(=O)O)C2CCCCC2)cc1. The molecule has 33 heavy (non-hydrogen) atoms. The van der Waals surface area contributed by atoms with E-state index in [1.807, 2.05) is 19.1 Å². The fourth-order valence-electron chi connectivity index (χ4n) is 5.10. The number of carbonyl (C=O) groups is 4. The van der Waals surface area contributed by atoms with Crippen molar-refractivity contribution in [2.75, 3.05) is 13.1 Å². The minimum atomic E-state index is -1.05. The van der Waals surface area contributed by atoms with Gasteiger partial charge < -0.3 is 20.2 Å². The van der Waals surface area contributed by atoms with Gasteiger partial charge in [0.2, 0.25) is 5.91 Å². The Morgan fingerprint density at radius 1 is 0.970 bits per heavy atom. The molecule has 8 heteroatoms. The molecule has 2 N–H and O–H groups in total. The van der Waals surface area contributed by atoms with Crippen LogP contribution in [0.15, 0.2) is 24.3 Å². The summed E-state index contributed by atoms with van der Waals surface area (Å²) >= 11 is 0. The average molecular weight is 456 g/mol. The highest BCUT2D eigenvalue weighted by Crippen LogP contribution is 2.34. The summed E-state index contributed by atoms with van der Waals surface area (Å²) in [7, 11) is 0. The summed E-state index contributed by atoms with van der Waals surface area (Å²) in [5.74, 6) is -1.80. The Morgan fingerprint density at radius 3 is 2.21 bits per heavy atom. The summed E-state index contributed by atoms with van der Waals surface area (Å²) in [5.41, 5.74) is 1.49. The number of hydrogen-bond donors (Lipinski definition) is 2. The van der Waals surface area contributed by atoms with E-state index in [0.29, 0.717) is 12.1 Å². The lowest BCUT2D eigenvalue weighted by molar-refractivity contribution is -0.143. The van der Waals surface area contributed by atoms with Crippen molar-refractivity contribution < 1.29 is 24.3 Å². The Morgan fingerprint density at radius 2 is 1.61 bits per heavy atom. The molecule has 3 amide bonds. The molecule has 0 bridgehead atoms. The van der Waals surface area contributed by atoms with Crippen molar-refractivity contribution in [2.45, 2.75) is 70.5 Å². The van der Waals surface area contributed by atoms with Crippen molar-refractivity contribution in [3.63, 3.8) is 0 Å². The minimum absolute atomic E-state index is 0.0807. The van der Waals surface area contributed by atoms with Crippen LogP contribution in [-0.2, 0) is 14.4 Å². The number of aliphatic carboxylic acids is 1. The Kier molecular flexibility index (Phi) is 7.00. The third kappa shape index (κ3) is 5.37. The number of benzene rings is 1. The normalized spacial score (nSPS) is 22.2. The summed E-state index contributed by atoms with van der Waals surface area (Å²) in [6.07, 6.45) is 5.31. The number of hydrogen-bond acceptors (Lipinski definition) is 4. The van der Waals surface area contributed by atoms with Crippen LogP contribution in [0.3, 0.4) is 0 Å². The number of amides is 3. The molecule has 0 radical (unpaired) electrons. The average Bonchev–Trinajstić information content (AvgIpc) is 3.56. The summed E-state index contributed by atoms with van der Waals surface area (Å²) < 4.78 is 0. The second-order valence-corrected chi connectivity index (χ2v) is 9.66. The standard InChI is InChI=1S/C25H33N3O5/c1-16-7-9-18(10-8-16)24(32)27-13-14-28(25(33)19-11-12-19)23(27)22(31)26-20(15-21(29)30)17-5-3-2-4-6-17/h7-10,17,19-20,23H,2-6,11-15H2,1H3,(H,26,31)(H,29,30). The fraction of sp³-hybridized carbons (Fsp3) is 0.600. The van der Waals surface area contributed by atoms with Crippen LogP contribution >= 0.6 is 0 Å². The van der Waals surface area contributed by atoms with Gasteiger partial charge in [0.25, 0.3) is 11.8 Å². The summed E-state index contributed by atoms with van der Waals surface area (Å²) in [5, 5.41) is 12.4. The van der Waals surface area contributed by atoms with Crippen LogP contribution < -0.4 is 5.32 Å². The highest BCUT2D eigenvalue weighted by molar-refractivity contribution is 5.99. The van der Waals surface area contributed by atoms with Gasteiger partial charge in [0.15, 0.2) is 6.17 Å². The highest BCUT2D eigenvalue weighted by atomic mass is 16.4. The Hall–Kier alpha value is -2.90. The van der Waals surface area contributed by atoms with Gasteiger partial charge in [-0.3, -0.25) is 19.2 Å². The van der Waals surface area contributed by atoms with Crippen LogP contribution in [0, 0.1) is 18.8 Å². The lowest BCUT2D eigenvalue weighted by Gasteiger charge is -2.34. The molecule has 1 aromatic carbocycles. The van der Waals surface area contributed by atoms with Gasteiger partial charge in [-0.2, -0.15) is 0 Å². The van der Waals surface area contributed by atoms with Crippen LogP contribution in [0.5, 0.6) is 0 Å². The molecule has 2 unspecified atom stereocenters. The maximum atomic E-state index is 13.5. The molecule has 3 fully saturated rings. The van der Waals surface area contributed by atoms with Gasteiger partial charge in [0, 0.05) is 30.6 Å². The number of carboxylic acid groups (broad SMARTS) is 1. The summed E-state index contributed by atoms with van der Waals surface area (Å²) in [4.78, 5) is 54.3. The topological polar surface area (TPSA) is 107 Å². The third-order valence-corrected chi connectivity index (χ3v) is 7.12. The van der Waals surface area contributed by atoms with E-state index in [1.165, 1.54) is 9.80 Å². The van der Waals surface area contributed by atoms with Gasteiger partial charge in [0.05, 0.1) is 6.42 Å². The quantitative estimate of drug-likeness (QED) is 0.657. The molecule has 1 heterocycles. The molecule has 4 rings (SSSR count). The van der Waals surface area contributed by atoms with Crippen LogP contribution in [0.4, 0.5) is 0 Å². The van der Waals surface area contributed by atoms with E-state index in [4.69, 9.17) is 0 Å². The first kappa shape index (κ1) is 23.3. The van der Waals surface area contributed by atoms with Crippen molar-refractivity contribution in [3.05, 3.63) is 35.4 Å². The zero-order valence-corrected chi connectivity index (χ0v) is 19.2. The van der Waals surface area contributed by atoms with Gasteiger partial charge in [-0.05, 0) is 50.7 Å². The van der Waals surface area contributed by atoms with Crippen LogP contribution in [0.25, 0.3) is 0 Å². The lowest BCUT2D eigenvalue weighted by atomic mass is 9.82. The molecule has 1 aromatic rings. The van der Waals surface area contributed by atoms with Crippen molar-refractivity contribution in [2.24, 2.45) is 11.8 Å². The predicted molar refractivity (Wildman–Crippen MR) is 121 cm³/mol. The second-order valence-electron chi connectivity index (χ2n) is 9.66. The van der Waals surface area contributed by atoms with Crippen molar-refractivity contribution >= 4 is 23.7 Å². The number of carbonyl (C=O) groups excluding carboxylic acids is 3. The van der Waals surface area contributed by atoms with E-state index in [2.05, 4.69) is 5.32 Å². The monoisotopic (exact) mass is 455 g/mol. The van der Waals surface area contributed by atoms with Crippen LogP contribution in [-0.4, -0.2) is 63.9 Å². The first-order valence-electron chi connectivity index (χ1n) is 12.1. The largest absolute Gasteiger partial charge is 0.481 e. The Balaban J connectivity index is 1.57. The summed E-state index contributed by atoms with van der Waals surface area (Å²) in [6.45, 7) is 2.51. The van der Waals surface area contributed by atoms with E-state index in [9.17, 15) is 24.3 Å². The third-order valence-electron chi connectivity index (χ3n) is 7.12. The first-order valence-corrected chi connectivity index (χ1v) is 12.1. The van der Waals surface area contributed by atoms with Crippen molar-refractivity contribution in [3.8, 4) is 0 Å². The number of nitrogens with zero attached hydrogens (tertiary/aromatic N) is 2. The van der Waals surface area contributed by atoms with Gasteiger partial charge in [0.1, 0.15) is 0 Å². The Labute approximate surface area is 194 Å². The van der Waals surface area contributed by atoms with Gasteiger partial charge in [-0.15, -0.1) is 0 Å². The molecular formula is C25H33N3O5. The van der Waals surface area contributed by atoms with Crippen molar-refractivity contribution in [1.29, 1.82) is 0 Å². The van der Waals surface area contributed by atoms with E-state index >= 15 is 0 Å². The predicted octanol–water partition coefficient (Wildman–Crippen LogP) is 2.56. The van der Waals surface area contributed by atoms with Gasteiger partial charge >= 0.3 is 5.97 Å². The minimum Gasteiger partial charge on any atom is -0.481 e. The molecule has 2 saturated carbocycles. The lowest BCUT2D eigenvalue weighted by Crippen LogP contribution is -2.57. The van der Waals surface area contributed by atoms with E-state index < -0.39 is 24.1 Å². The molecule has 2 atom stereocenters. The molecule has 8 nitrogen and oxygen atoms in total. The molecule has 0 aromatic heterocycles. The highest BCUT2D eigenvalue weighted by Gasteiger charge is 2.47. The first-order chi connectivity index (χ1) is 15.8. The smallest absolute Gasteiger partial charge is 0.305 e. The van der Waals surface area contributed by atoms with E-state index in [1.54, 1.807) is 12.1 Å².